The molecule has 2 fully saturated rings. The predicted octanol–water partition coefficient (Wildman–Crippen LogP) is 3.75. The second-order valence-electron chi connectivity index (χ2n) is 6.55. The van der Waals surface area contributed by atoms with Crippen LogP contribution in [0.3, 0.4) is 0 Å². The lowest BCUT2D eigenvalue weighted by Crippen LogP contribution is -2.47. The summed E-state index contributed by atoms with van der Waals surface area (Å²) >= 11 is 6.05. The van der Waals surface area contributed by atoms with Crippen LogP contribution in [-0.2, 0) is 6.18 Å². The van der Waals surface area contributed by atoms with Gasteiger partial charge < -0.3 is 9.80 Å². The third-order valence-corrected chi connectivity index (χ3v) is 4.93. The predicted molar refractivity (Wildman–Crippen MR) is 92.7 cm³/mol. The number of hydrogen-bond donors (Lipinski definition) is 0. The van der Waals surface area contributed by atoms with Gasteiger partial charge in [0.15, 0.2) is 0 Å². The molecule has 0 N–H and O–H groups in total. The van der Waals surface area contributed by atoms with Crippen molar-refractivity contribution in [3.8, 4) is 0 Å². The molecule has 3 heterocycles. The molecule has 0 radical (unpaired) electrons. The number of rotatable bonds is 3. The van der Waals surface area contributed by atoms with Crippen LogP contribution in [0.2, 0.25) is 5.02 Å². The Kier molecular flexibility index (Phi) is 4.38. The van der Waals surface area contributed by atoms with Crippen molar-refractivity contribution in [2.75, 3.05) is 36.0 Å². The van der Waals surface area contributed by atoms with Crippen LogP contribution in [0.4, 0.5) is 24.8 Å². The van der Waals surface area contributed by atoms with Gasteiger partial charge in [-0.3, -0.25) is 0 Å². The first-order valence-electron chi connectivity index (χ1n) is 8.47. The summed E-state index contributed by atoms with van der Waals surface area (Å²) in [5.41, 5.74) is -0.835. The first-order chi connectivity index (χ1) is 12.4. The van der Waals surface area contributed by atoms with Crippen LogP contribution < -0.4 is 9.80 Å². The summed E-state index contributed by atoms with van der Waals surface area (Å²) in [7, 11) is 0. The number of pyridine rings is 1. The van der Waals surface area contributed by atoms with Crippen LogP contribution in [0.15, 0.2) is 24.5 Å². The van der Waals surface area contributed by atoms with Crippen molar-refractivity contribution in [3.05, 3.63) is 40.9 Å². The van der Waals surface area contributed by atoms with Crippen LogP contribution in [-0.4, -0.2) is 41.1 Å². The number of alkyl halides is 3. The minimum Gasteiger partial charge on any atom is -0.353 e. The van der Waals surface area contributed by atoms with Gasteiger partial charge in [0, 0.05) is 44.5 Å². The quantitative estimate of drug-likeness (QED) is 0.807. The Labute approximate surface area is 153 Å². The molecule has 1 aliphatic heterocycles. The fourth-order valence-corrected chi connectivity index (χ4v) is 3.33. The molecular formula is C17H17ClF3N5. The van der Waals surface area contributed by atoms with E-state index in [1.807, 2.05) is 11.0 Å². The van der Waals surface area contributed by atoms with E-state index in [-0.39, 0.29) is 5.02 Å². The molecule has 0 aromatic carbocycles. The maximum atomic E-state index is 12.7. The molecule has 0 spiro atoms. The third-order valence-electron chi connectivity index (χ3n) is 4.65. The molecule has 26 heavy (non-hydrogen) atoms. The van der Waals surface area contributed by atoms with Gasteiger partial charge in [0.25, 0.3) is 0 Å². The van der Waals surface area contributed by atoms with Gasteiger partial charge in [-0.15, -0.1) is 0 Å². The van der Waals surface area contributed by atoms with Gasteiger partial charge in [0.05, 0.1) is 10.6 Å². The zero-order chi connectivity index (χ0) is 18.3. The highest BCUT2D eigenvalue weighted by atomic mass is 35.5. The topological polar surface area (TPSA) is 45.2 Å². The van der Waals surface area contributed by atoms with E-state index in [2.05, 4.69) is 19.9 Å². The second-order valence-corrected chi connectivity index (χ2v) is 6.96. The van der Waals surface area contributed by atoms with Crippen molar-refractivity contribution in [3.63, 3.8) is 0 Å². The van der Waals surface area contributed by atoms with Crippen molar-refractivity contribution < 1.29 is 13.2 Å². The third kappa shape index (κ3) is 3.56. The molecule has 1 saturated heterocycles. The van der Waals surface area contributed by atoms with Gasteiger partial charge in [-0.1, -0.05) is 11.6 Å². The minimum absolute atomic E-state index is 0.0198. The van der Waals surface area contributed by atoms with Gasteiger partial charge in [0.2, 0.25) is 0 Å². The molecule has 9 heteroatoms. The molecule has 0 amide bonds. The molecule has 4 rings (SSSR count). The molecule has 5 nitrogen and oxygen atoms in total. The Morgan fingerprint density at radius 1 is 1.04 bits per heavy atom. The number of piperazine rings is 1. The van der Waals surface area contributed by atoms with Crippen molar-refractivity contribution in [1.29, 1.82) is 0 Å². The average molecular weight is 384 g/mol. The molecule has 2 aromatic heterocycles. The largest absolute Gasteiger partial charge is 0.417 e. The van der Waals surface area contributed by atoms with Crippen molar-refractivity contribution in [2.24, 2.45) is 0 Å². The van der Waals surface area contributed by atoms with E-state index in [9.17, 15) is 13.2 Å². The molecule has 2 aliphatic rings. The van der Waals surface area contributed by atoms with E-state index in [0.717, 1.165) is 36.7 Å². The van der Waals surface area contributed by atoms with Gasteiger partial charge in [0.1, 0.15) is 17.5 Å². The molecule has 138 valence electrons. The van der Waals surface area contributed by atoms with Crippen LogP contribution >= 0.6 is 11.6 Å². The van der Waals surface area contributed by atoms with Gasteiger partial charge >= 0.3 is 6.18 Å². The highest BCUT2D eigenvalue weighted by Crippen LogP contribution is 2.38. The minimum atomic E-state index is -4.44. The summed E-state index contributed by atoms with van der Waals surface area (Å²) in [5, 5.41) is 0.0198. The van der Waals surface area contributed by atoms with E-state index in [1.165, 1.54) is 0 Å². The van der Waals surface area contributed by atoms with Gasteiger partial charge in [-0.05, 0) is 25.0 Å². The molecule has 0 unspecified atom stereocenters. The summed E-state index contributed by atoms with van der Waals surface area (Å²) in [5.74, 6) is 2.68. The highest BCUT2D eigenvalue weighted by Gasteiger charge is 2.32. The van der Waals surface area contributed by atoms with Crippen LogP contribution in [0, 0.1) is 0 Å². The molecule has 1 aliphatic carbocycles. The number of halogens is 4. The molecule has 2 aromatic rings. The molecular weight excluding hydrogens is 367 g/mol. The molecule has 0 bridgehead atoms. The normalized spacial score (nSPS) is 18.3. The highest BCUT2D eigenvalue weighted by molar-refractivity contribution is 6.33. The Morgan fingerprint density at radius 2 is 1.73 bits per heavy atom. The lowest BCUT2D eigenvalue weighted by Gasteiger charge is -2.36. The monoisotopic (exact) mass is 383 g/mol. The Balaban J connectivity index is 1.44. The van der Waals surface area contributed by atoms with Crippen LogP contribution in [0.25, 0.3) is 0 Å². The van der Waals surface area contributed by atoms with E-state index >= 15 is 0 Å². The van der Waals surface area contributed by atoms with Crippen molar-refractivity contribution in [2.45, 2.75) is 24.9 Å². The Bertz CT molecular complexity index is 801. The van der Waals surface area contributed by atoms with E-state index in [1.54, 1.807) is 6.20 Å². The molecule has 1 saturated carbocycles. The lowest BCUT2D eigenvalue weighted by molar-refractivity contribution is -0.137. The Morgan fingerprint density at radius 3 is 2.35 bits per heavy atom. The number of anilines is 2. The summed E-state index contributed by atoms with van der Waals surface area (Å²) in [6.07, 6.45) is 0.474. The number of nitrogens with zero attached hydrogens (tertiary/aromatic N) is 5. The van der Waals surface area contributed by atoms with Crippen LogP contribution in [0.5, 0.6) is 0 Å². The maximum absolute atomic E-state index is 12.7. The summed E-state index contributed by atoms with van der Waals surface area (Å²) in [6.45, 7) is 2.61. The van der Waals surface area contributed by atoms with Gasteiger partial charge in [-0.25, -0.2) is 15.0 Å². The van der Waals surface area contributed by atoms with E-state index in [4.69, 9.17) is 11.6 Å². The molecule has 0 atom stereocenters. The smallest absolute Gasteiger partial charge is 0.353 e. The fourth-order valence-electron chi connectivity index (χ4n) is 3.04. The summed E-state index contributed by atoms with van der Waals surface area (Å²) in [6, 6.07) is 2.83. The van der Waals surface area contributed by atoms with Gasteiger partial charge in [-0.2, -0.15) is 13.2 Å². The summed E-state index contributed by atoms with van der Waals surface area (Å²) < 4.78 is 38.2. The SMILES string of the molecule is FC(F)(F)c1cnc(N2CCN(c3ccnc(C4CC4)n3)CC2)c(Cl)c1. The first-order valence-corrected chi connectivity index (χ1v) is 8.85. The lowest BCUT2D eigenvalue weighted by atomic mass is 10.2. The van der Waals surface area contributed by atoms with Crippen LogP contribution in [0.1, 0.15) is 30.1 Å². The maximum Gasteiger partial charge on any atom is 0.417 e. The zero-order valence-corrected chi connectivity index (χ0v) is 14.6. The number of aromatic nitrogens is 3. The van der Waals surface area contributed by atoms with Crippen molar-refractivity contribution >= 4 is 23.2 Å². The first kappa shape index (κ1) is 17.3. The fraction of sp³-hybridized carbons (Fsp3) is 0.471. The zero-order valence-electron chi connectivity index (χ0n) is 13.9. The van der Waals surface area contributed by atoms with Crippen molar-refractivity contribution in [1.82, 2.24) is 15.0 Å². The average Bonchev–Trinajstić information content (AvgIpc) is 3.46. The summed E-state index contributed by atoms with van der Waals surface area (Å²) in [4.78, 5) is 17.0. The van der Waals surface area contributed by atoms with E-state index < -0.39 is 11.7 Å². The Hall–Kier alpha value is -2.09. The standard InChI is InChI=1S/C17H17ClF3N5/c18-13-9-12(17(19,20)21)10-23-16(13)26-7-5-25(6-8-26)14-3-4-22-15(24-14)11-1-2-11/h3-4,9-11H,1-2,5-8H2. The van der Waals surface area contributed by atoms with E-state index in [0.29, 0.717) is 37.9 Å². The second kappa shape index (κ2) is 6.57. The number of hydrogen-bond acceptors (Lipinski definition) is 5.